The van der Waals surface area contributed by atoms with Crippen molar-refractivity contribution in [2.45, 2.75) is 26.7 Å². The van der Waals surface area contributed by atoms with Crippen LogP contribution in [0.2, 0.25) is 0 Å². The van der Waals surface area contributed by atoms with E-state index in [-0.39, 0.29) is 12.3 Å². The molecule has 1 N–H and O–H groups in total. The Morgan fingerprint density at radius 1 is 1.43 bits per heavy atom. The van der Waals surface area contributed by atoms with Crippen molar-refractivity contribution in [3.63, 3.8) is 0 Å². The number of rotatable bonds is 5. The van der Waals surface area contributed by atoms with E-state index in [0.717, 1.165) is 39.4 Å². The molecule has 0 spiro atoms. The number of thiazole rings is 1. The molecular weight excluding hydrogens is 310 g/mol. The Kier molecular flexibility index (Phi) is 4.52. The van der Waals surface area contributed by atoms with Crippen LogP contribution < -0.4 is 5.43 Å². The molecule has 2 heterocycles. The molecule has 3 rings (SSSR count). The number of para-hydroxylation sites is 1. The van der Waals surface area contributed by atoms with Crippen molar-refractivity contribution in [2.24, 2.45) is 5.10 Å². The van der Waals surface area contributed by atoms with E-state index in [1.165, 1.54) is 11.3 Å². The number of nitrogens with one attached hydrogen (secondary N) is 1. The smallest absolute Gasteiger partial charge is 0.246 e. The number of hydrogen-bond acceptors (Lipinski definition) is 5. The number of carbonyl (C=O) groups is 1. The van der Waals surface area contributed by atoms with Gasteiger partial charge in [-0.1, -0.05) is 25.1 Å². The van der Waals surface area contributed by atoms with Gasteiger partial charge in [-0.15, -0.1) is 11.3 Å². The number of aromatic nitrogens is 1. The molecule has 6 heteroatoms. The van der Waals surface area contributed by atoms with Gasteiger partial charge in [0.15, 0.2) is 0 Å². The normalized spacial score (nSPS) is 11.4. The molecule has 0 saturated carbocycles. The molecule has 0 aliphatic carbocycles. The van der Waals surface area contributed by atoms with Gasteiger partial charge in [-0.3, -0.25) is 4.79 Å². The van der Waals surface area contributed by atoms with Gasteiger partial charge < -0.3 is 4.42 Å². The molecule has 118 valence electrons. The molecule has 3 aromatic rings. The number of nitrogens with zero attached hydrogens (tertiary/aromatic N) is 2. The van der Waals surface area contributed by atoms with E-state index < -0.39 is 0 Å². The zero-order valence-electron chi connectivity index (χ0n) is 13.0. The Hall–Kier alpha value is -2.47. The van der Waals surface area contributed by atoms with E-state index in [1.54, 1.807) is 6.21 Å². The van der Waals surface area contributed by atoms with Gasteiger partial charge in [0.2, 0.25) is 5.91 Å². The molecule has 0 radical (unpaired) electrons. The Balaban J connectivity index is 1.71. The predicted molar refractivity (Wildman–Crippen MR) is 91.9 cm³/mol. The van der Waals surface area contributed by atoms with E-state index in [2.05, 4.69) is 15.5 Å². The molecular formula is C17H17N3O2S. The topological polar surface area (TPSA) is 67.5 Å². The summed E-state index contributed by atoms with van der Waals surface area (Å²) < 4.78 is 5.79. The maximum Gasteiger partial charge on any atom is 0.246 e. The summed E-state index contributed by atoms with van der Waals surface area (Å²) in [4.78, 5) is 16.2. The Bertz CT molecular complexity index is 864. The summed E-state index contributed by atoms with van der Waals surface area (Å²) in [5, 5.41) is 7.90. The Morgan fingerprint density at radius 2 is 2.26 bits per heavy atom. The van der Waals surface area contributed by atoms with Crippen LogP contribution in [0.5, 0.6) is 0 Å². The summed E-state index contributed by atoms with van der Waals surface area (Å²) in [6.45, 7) is 3.94. The van der Waals surface area contributed by atoms with E-state index in [0.29, 0.717) is 0 Å². The van der Waals surface area contributed by atoms with Crippen LogP contribution in [0.15, 0.2) is 39.2 Å². The van der Waals surface area contributed by atoms with Crippen LogP contribution in [0.4, 0.5) is 0 Å². The predicted octanol–water partition coefficient (Wildman–Crippen LogP) is 3.45. The fourth-order valence-corrected chi connectivity index (χ4v) is 3.00. The Labute approximate surface area is 138 Å². The number of hydrogen-bond donors (Lipinski definition) is 1. The van der Waals surface area contributed by atoms with Crippen molar-refractivity contribution in [3.8, 4) is 0 Å². The van der Waals surface area contributed by atoms with Crippen LogP contribution in [0.1, 0.15) is 28.9 Å². The maximum atomic E-state index is 11.9. The standard InChI is InChI=1S/C17H17N3O2S/c1-3-15-14(13-6-4-5-7-16(13)22-15)9-18-20-17(21)8-12-10-23-11(2)19-12/h4-7,9-10H,3,8H2,1-2H3,(H,20,21)/b18-9-. The fourth-order valence-electron chi connectivity index (χ4n) is 2.38. The summed E-state index contributed by atoms with van der Waals surface area (Å²) in [5.41, 5.74) is 5.05. The third-order valence-corrected chi connectivity index (χ3v) is 4.25. The molecule has 0 aliphatic heterocycles. The first-order valence-electron chi connectivity index (χ1n) is 7.40. The van der Waals surface area contributed by atoms with Gasteiger partial charge in [0.1, 0.15) is 11.3 Å². The summed E-state index contributed by atoms with van der Waals surface area (Å²) in [7, 11) is 0. The first-order chi connectivity index (χ1) is 11.2. The monoisotopic (exact) mass is 327 g/mol. The van der Waals surface area contributed by atoms with Crippen molar-refractivity contribution >= 4 is 34.4 Å². The van der Waals surface area contributed by atoms with Gasteiger partial charge >= 0.3 is 0 Å². The highest BCUT2D eigenvalue weighted by Crippen LogP contribution is 2.24. The van der Waals surface area contributed by atoms with E-state index in [4.69, 9.17) is 4.42 Å². The molecule has 0 saturated heterocycles. The minimum atomic E-state index is -0.183. The number of amides is 1. The van der Waals surface area contributed by atoms with Crippen LogP contribution in [0.25, 0.3) is 11.0 Å². The summed E-state index contributed by atoms with van der Waals surface area (Å²) in [6, 6.07) is 7.80. The molecule has 23 heavy (non-hydrogen) atoms. The third kappa shape index (κ3) is 3.48. The molecule has 1 amide bonds. The van der Waals surface area contributed by atoms with Gasteiger partial charge in [-0.25, -0.2) is 10.4 Å². The van der Waals surface area contributed by atoms with Gasteiger partial charge in [-0.05, 0) is 13.0 Å². The second kappa shape index (κ2) is 6.75. The highest BCUT2D eigenvalue weighted by molar-refractivity contribution is 7.09. The first-order valence-corrected chi connectivity index (χ1v) is 8.28. The number of fused-ring (bicyclic) bond motifs is 1. The van der Waals surface area contributed by atoms with Crippen molar-refractivity contribution in [3.05, 3.63) is 51.7 Å². The first kappa shape index (κ1) is 15.4. The molecule has 5 nitrogen and oxygen atoms in total. The number of aryl methyl sites for hydroxylation is 2. The van der Waals surface area contributed by atoms with Crippen LogP contribution in [0.3, 0.4) is 0 Å². The van der Waals surface area contributed by atoms with Gasteiger partial charge in [0.05, 0.1) is 23.3 Å². The van der Waals surface area contributed by atoms with Gasteiger partial charge in [0.25, 0.3) is 0 Å². The van der Waals surface area contributed by atoms with Gasteiger partial charge in [0, 0.05) is 22.8 Å². The van der Waals surface area contributed by atoms with Crippen LogP contribution in [0, 0.1) is 6.92 Å². The molecule has 0 aliphatic rings. The average molecular weight is 327 g/mol. The van der Waals surface area contributed by atoms with Crippen molar-refractivity contribution in [2.75, 3.05) is 0 Å². The number of hydrazone groups is 1. The summed E-state index contributed by atoms with van der Waals surface area (Å²) in [5.74, 6) is 0.678. The van der Waals surface area contributed by atoms with Crippen molar-refractivity contribution in [1.29, 1.82) is 0 Å². The number of benzene rings is 1. The minimum Gasteiger partial charge on any atom is -0.460 e. The SMILES string of the molecule is CCc1oc2ccccc2c1/C=N\NC(=O)Cc1csc(C)n1. The molecule has 0 fully saturated rings. The van der Waals surface area contributed by atoms with Crippen LogP contribution in [-0.4, -0.2) is 17.1 Å². The second-order valence-corrected chi connectivity index (χ2v) is 6.18. The lowest BCUT2D eigenvalue weighted by molar-refractivity contribution is -0.120. The Morgan fingerprint density at radius 3 is 3.00 bits per heavy atom. The lowest BCUT2D eigenvalue weighted by Crippen LogP contribution is -2.20. The second-order valence-electron chi connectivity index (χ2n) is 5.12. The highest BCUT2D eigenvalue weighted by Gasteiger charge is 2.10. The van der Waals surface area contributed by atoms with Gasteiger partial charge in [-0.2, -0.15) is 5.10 Å². The lowest BCUT2D eigenvalue weighted by Gasteiger charge is -1.97. The molecule has 0 atom stereocenters. The van der Waals surface area contributed by atoms with Crippen molar-refractivity contribution in [1.82, 2.24) is 10.4 Å². The average Bonchev–Trinajstić information content (AvgIpc) is 3.11. The van der Waals surface area contributed by atoms with E-state index in [1.807, 2.05) is 43.5 Å². The van der Waals surface area contributed by atoms with Crippen LogP contribution >= 0.6 is 11.3 Å². The van der Waals surface area contributed by atoms with Crippen molar-refractivity contribution < 1.29 is 9.21 Å². The van der Waals surface area contributed by atoms with E-state index in [9.17, 15) is 4.79 Å². The lowest BCUT2D eigenvalue weighted by atomic mass is 10.1. The van der Waals surface area contributed by atoms with Crippen LogP contribution in [-0.2, 0) is 17.6 Å². The number of furan rings is 1. The zero-order chi connectivity index (χ0) is 16.2. The summed E-state index contributed by atoms with van der Waals surface area (Å²) in [6.07, 6.45) is 2.64. The highest BCUT2D eigenvalue weighted by atomic mass is 32.1. The van der Waals surface area contributed by atoms with E-state index >= 15 is 0 Å². The molecule has 1 aromatic carbocycles. The largest absolute Gasteiger partial charge is 0.460 e. The summed E-state index contributed by atoms with van der Waals surface area (Å²) >= 11 is 1.53. The molecule has 0 unspecified atom stereocenters. The third-order valence-electron chi connectivity index (χ3n) is 3.42. The zero-order valence-corrected chi connectivity index (χ0v) is 13.8. The quantitative estimate of drug-likeness (QED) is 0.576. The molecule has 2 aromatic heterocycles. The fraction of sp³-hybridized carbons (Fsp3) is 0.235. The minimum absolute atomic E-state index is 0.183. The molecule has 0 bridgehead atoms. The maximum absolute atomic E-state index is 11.9. The number of carbonyl (C=O) groups excluding carboxylic acids is 1.